The molecule has 19 atom stereocenters. The fraction of sp³-hybridized carbons (Fsp3) is 0.750. The standard InChI is InChI=1S/C60H89Cl2N3O16S/c1-16-44-60(10)47(51(56(71)81-60)82-24-23-65(54(69)46-39(61)29-63-30-40(46)62)37-21-22-42(72-13)43(26-37)77-38-19-17-18-20-38)33(4)48(66)31(2)27-59(9,74-15)53(80-57-49(67)41(64(11)12)25-32(3)75-57)34(5)50(35(6)55(70)78-44)79-45-28-58(8,73-14)52(68)36(7)76-45/h21-22,26,29-36,38,41,44-45,47,49-53,57,67-68H,16-20,23-25,27-28H2,1-15H3/t31-,32-,33-,34+,35-,36+,41+,44-,45+,47+,49-,50+,51+,52+,53-,57+,58-,59-,60-/m1/s1. The molecule has 4 saturated heterocycles. The predicted molar refractivity (Wildman–Crippen MR) is 310 cm³/mol. The molecule has 5 fully saturated rings. The van der Waals surface area contributed by atoms with E-state index < -0.39 is 119 Å². The summed E-state index contributed by atoms with van der Waals surface area (Å²) in [6.45, 7) is 17.9. The van der Waals surface area contributed by atoms with Crippen LogP contribution < -0.4 is 14.4 Å². The van der Waals surface area contributed by atoms with Crippen molar-refractivity contribution in [3.63, 3.8) is 0 Å². The van der Waals surface area contributed by atoms with Gasteiger partial charge in [-0.05, 0) is 113 Å². The first-order chi connectivity index (χ1) is 38.7. The zero-order valence-electron chi connectivity index (χ0n) is 50.4. The molecule has 82 heavy (non-hydrogen) atoms. The van der Waals surface area contributed by atoms with Crippen molar-refractivity contribution in [2.24, 2.45) is 29.6 Å². The number of ketones is 1. The molecule has 1 aliphatic carbocycles. The number of carbonyl (C=O) groups excluding carboxylic acids is 4. The summed E-state index contributed by atoms with van der Waals surface area (Å²) < 4.78 is 64.3. The van der Waals surface area contributed by atoms with E-state index in [0.29, 0.717) is 23.6 Å². The topological polar surface area (TPSA) is 220 Å². The monoisotopic (exact) mass is 1210 g/mol. The van der Waals surface area contributed by atoms with E-state index >= 15 is 9.59 Å². The number of aromatic nitrogens is 1. The second kappa shape index (κ2) is 27.5. The van der Waals surface area contributed by atoms with E-state index in [4.69, 9.17) is 70.6 Å². The number of aliphatic hydroxyl groups excluding tert-OH is 2. The summed E-state index contributed by atoms with van der Waals surface area (Å²) in [5, 5.41) is 22.3. The van der Waals surface area contributed by atoms with E-state index in [2.05, 4.69) is 4.98 Å². The zero-order valence-corrected chi connectivity index (χ0v) is 52.7. The summed E-state index contributed by atoms with van der Waals surface area (Å²) in [7, 11) is 8.35. The Morgan fingerprint density at radius 3 is 2.13 bits per heavy atom. The van der Waals surface area contributed by atoms with Gasteiger partial charge in [0.1, 0.15) is 29.3 Å². The SMILES string of the molecule is CC[C@H]1OC(=O)[C@H](C)[C@@H](O[C@H]2C[C@@](C)(OC)[C@@H](O)[C@H](C)O2)[C@H](C)[C@@H](O[C@@H]2O[C@H](C)C[C@H](N(C)C)[C@H]2O)[C@](C)(OC)C[C@@H](C)C(=O)[C@H](C)[C@H]2[C@H](SCCN(C(=O)c3c(Cl)cncc3Cl)c3ccc(OC)c(OC4CCCC4)c3)C(=O)O[C@@]21C. The number of aliphatic hydroxyl groups is 2. The quantitative estimate of drug-likeness (QED) is 0.141. The molecule has 1 aromatic heterocycles. The first kappa shape index (κ1) is 66.2. The fourth-order valence-corrected chi connectivity index (χ4v) is 15.3. The highest BCUT2D eigenvalue weighted by molar-refractivity contribution is 8.00. The van der Waals surface area contributed by atoms with Crippen molar-refractivity contribution in [2.75, 3.05) is 52.6 Å². The number of nitrogens with zero attached hydrogens (tertiary/aromatic N) is 3. The maximum absolute atomic E-state index is 15.5. The van der Waals surface area contributed by atoms with Gasteiger partial charge < -0.3 is 67.4 Å². The molecule has 0 unspecified atom stereocenters. The number of hydrogen-bond donors (Lipinski definition) is 2. The fourth-order valence-electron chi connectivity index (χ4n) is 13.4. The molecule has 4 aliphatic heterocycles. The Labute approximate surface area is 498 Å². The smallest absolute Gasteiger partial charge is 0.320 e. The maximum Gasteiger partial charge on any atom is 0.320 e. The van der Waals surface area contributed by atoms with Crippen LogP contribution in [-0.4, -0.2) is 181 Å². The van der Waals surface area contributed by atoms with E-state index in [-0.39, 0.29) is 71.2 Å². The lowest BCUT2D eigenvalue weighted by Gasteiger charge is -2.50. The van der Waals surface area contributed by atoms with Crippen LogP contribution in [0, 0.1) is 29.6 Å². The number of pyridine rings is 1. The van der Waals surface area contributed by atoms with Crippen molar-refractivity contribution in [1.29, 1.82) is 0 Å². The van der Waals surface area contributed by atoms with Gasteiger partial charge in [-0.3, -0.25) is 24.2 Å². The van der Waals surface area contributed by atoms with Crippen LogP contribution >= 0.6 is 35.0 Å². The normalized spacial score (nSPS) is 37.9. The van der Waals surface area contributed by atoms with E-state index in [1.807, 2.05) is 53.6 Å². The number of hydrogen-bond acceptors (Lipinski definition) is 19. The number of anilines is 1. The van der Waals surface area contributed by atoms with Gasteiger partial charge in [-0.1, -0.05) is 50.9 Å². The second-order valence-electron chi connectivity index (χ2n) is 24.2. The molecule has 1 aromatic carbocycles. The molecule has 460 valence electrons. The number of thioether (sulfide) groups is 1. The molecule has 0 spiro atoms. The molecule has 22 heteroatoms. The Bertz CT molecular complexity index is 2530. The number of halogens is 2. The lowest BCUT2D eigenvalue weighted by molar-refractivity contribution is -0.319. The Morgan fingerprint density at radius 2 is 1.52 bits per heavy atom. The number of carbonyl (C=O) groups is 4. The zero-order chi connectivity index (χ0) is 60.3. The molecule has 1 saturated carbocycles. The number of esters is 2. The van der Waals surface area contributed by atoms with Crippen molar-refractivity contribution in [3.05, 3.63) is 46.2 Å². The van der Waals surface area contributed by atoms with Gasteiger partial charge in [-0.15, -0.1) is 11.8 Å². The number of amides is 1. The molecule has 2 N–H and O–H groups in total. The van der Waals surface area contributed by atoms with Gasteiger partial charge in [-0.2, -0.15) is 0 Å². The average molecular weight is 1210 g/mol. The molecule has 5 aliphatic rings. The number of Topliss-reactive ketones (excluding diaryl/α,β-unsaturated/α-hetero) is 1. The number of rotatable bonds is 17. The minimum atomic E-state index is -1.54. The first-order valence-electron chi connectivity index (χ1n) is 29.0. The van der Waals surface area contributed by atoms with Crippen LogP contribution in [0.5, 0.6) is 11.5 Å². The van der Waals surface area contributed by atoms with Crippen molar-refractivity contribution in [2.45, 2.75) is 210 Å². The highest BCUT2D eigenvalue weighted by Crippen LogP contribution is 2.50. The van der Waals surface area contributed by atoms with Crippen LogP contribution in [0.25, 0.3) is 0 Å². The summed E-state index contributed by atoms with van der Waals surface area (Å²) in [5.74, 6) is -5.30. The van der Waals surface area contributed by atoms with Crippen LogP contribution in [0.3, 0.4) is 0 Å². The molecule has 7 rings (SSSR count). The minimum absolute atomic E-state index is 0.0237. The van der Waals surface area contributed by atoms with Crippen molar-refractivity contribution >= 4 is 64.3 Å². The van der Waals surface area contributed by atoms with Crippen LogP contribution in [0.4, 0.5) is 5.69 Å². The molecular formula is C60H89Cl2N3O16S. The van der Waals surface area contributed by atoms with Crippen molar-refractivity contribution in [3.8, 4) is 11.5 Å². The first-order valence-corrected chi connectivity index (χ1v) is 30.8. The molecular weight excluding hydrogens is 1120 g/mol. The molecule has 1 amide bonds. The Morgan fingerprint density at radius 1 is 0.866 bits per heavy atom. The van der Waals surface area contributed by atoms with Crippen LogP contribution in [-0.2, 0) is 52.3 Å². The number of cyclic esters (lactones) is 1. The van der Waals surface area contributed by atoms with E-state index in [0.717, 1.165) is 25.7 Å². The van der Waals surface area contributed by atoms with Crippen LogP contribution in [0.15, 0.2) is 30.6 Å². The molecule has 19 nitrogen and oxygen atoms in total. The highest BCUT2D eigenvalue weighted by atomic mass is 35.5. The van der Waals surface area contributed by atoms with E-state index in [9.17, 15) is 19.8 Å². The third-order valence-corrected chi connectivity index (χ3v) is 20.1. The van der Waals surface area contributed by atoms with Gasteiger partial charge in [0.2, 0.25) is 0 Å². The summed E-state index contributed by atoms with van der Waals surface area (Å²) in [4.78, 5) is 67.8. The summed E-state index contributed by atoms with van der Waals surface area (Å²) in [5.41, 5.74) is -3.49. The maximum atomic E-state index is 15.5. The lowest BCUT2D eigenvalue weighted by atomic mass is 9.70. The number of likely N-dealkylation sites (N-methyl/N-ethyl adjacent to an activating group) is 1. The molecule has 0 bridgehead atoms. The summed E-state index contributed by atoms with van der Waals surface area (Å²) in [6.07, 6.45) is -1.14. The molecule has 2 aromatic rings. The number of benzene rings is 1. The number of methoxy groups -OCH3 is 3. The second-order valence-corrected chi connectivity index (χ2v) is 26.2. The van der Waals surface area contributed by atoms with Crippen molar-refractivity contribution < 1.29 is 76.8 Å². The average Bonchev–Trinajstić information content (AvgIpc) is 3.51. The third kappa shape index (κ3) is 13.9. The van der Waals surface area contributed by atoms with Crippen LogP contribution in [0.1, 0.15) is 131 Å². The molecule has 5 heterocycles. The highest BCUT2D eigenvalue weighted by Gasteiger charge is 2.62. The Hall–Kier alpha value is -3.38. The van der Waals surface area contributed by atoms with Crippen molar-refractivity contribution in [1.82, 2.24) is 9.88 Å². The van der Waals surface area contributed by atoms with E-state index in [1.54, 1.807) is 59.9 Å². The summed E-state index contributed by atoms with van der Waals surface area (Å²) >= 11 is 14.5. The third-order valence-electron chi connectivity index (χ3n) is 18.2. The summed E-state index contributed by atoms with van der Waals surface area (Å²) in [6, 6.07) is 4.88. The van der Waals surface area contributed by atoms with Gasteiger partial charge in [0.05, 0.1) is 70.4 Å². The largest absolute Gasteiger partial charge is 0.493 e. The van der Waals surface area contributed by atoms with Gasteiger partial charge in [0.25, 0.3) is 5.91 Å². The van der Waals surface area contributed by atoms with Gasteiger partial charge in [-0.25, -0.2) is 0 Å². The van der Waals surface area contributed by atoms with Gasteiger partial charge >= 0.3 is 11.9 Å². The Kier molecular flexibility index (Phi) is 22.2. The Balaban J connectivity index is 1.27. The van der Waals surface area contributed by atoms with Gasteiger partial charge in [0.15, 0.2) is 29.7 Å². The predicted octanol–water partition coefficient (Wildman–Crippen LogP) is 8.74. The lowest BCUT2D eigenvalue weighted by Crippen LogP contribution is -2.61. The minimum Gasteiger partial charge on any atom is -0.493 e. The number of ether oxygens (including phenoxy) is 10. The van der Waals surface area contributed by atoms with Gasteiger partial charge in [0, 0.05) is 86.8 Å². The molecule has 0 radical (unpaired) electrons. The number of fused-ring (bicyclic) bond motifs is 1. The van der Waals surface area contributed by atoms with Crippen LogP contribution in [0.2, 0.25) is 10.0 Å². The van der Waals surface area contributed by atoms with E-state index in [1.165, 1.54) is 43.3 Å².